The Morgan fingerprint density at radius 3 is 2.90 bits per heavy atom. The average molecular weight is 444 g/mol. The molecule has 1 aromatic carbocycles. The van der Waals surface area contributed by atoms with Crippen molar-refractivity contribution < 1.29 is 14.6 Å². The molecule has 30 heavy (non-hydrogen) atoms. The number of pyridine rings is 1. The molecule has 2 aliphatic rings. The molecule has 0 bridgehead atoms. The normalized spacial score (nSPS) is 18.4. The van der Waals surface area contributed by atoms with Gasteiger partial charge < -0.3 is 14.7 Å². The van der Waals surface area contributed by atoms with E-state index in [1.54, 1.807) is 17.0 Å². The minimum atomic E-state index is -0.100. The minimum Gasteiger partial charge on any atom is -0.507 e. The van der Waals surface area contributed by atoms with Crippen LogP contribution < -0.4 is 4.74 Å². The lowest BCUT2D eigenvalue weighted by Crippen LogP contribution is -2.55. The molecular formula is C22H19Cl2N3O3. The number of terminal acetylenes is 1. The highest BCUT2D eigenvalue weighted by molar-refractivity contribution is 6.37. The van der Waals surface area contributed by atoms with Gasteiger partial charge in [0.2, 0.25) is 5.91 Å². The van der Waals surface area contributed by atoms with E-state index < -0.39 is 0 Å². The third-order valence-electron chi connectivity index (χ3n) is 5.43. The first kappa shape index (κ1) is 20.5. The van der Waals surface area contributed by atoms with Gasteiger partial charge in [-0.15, -0.1) is 6.42 Å². The quantitative estimate of drug-likeness (QED) is 0.569. The Kier molecular flexibility index (Phi) is 5.61. The number of halogens is 2. The summed E-state index contributed by atoms with van der Waals surface area (Å²) in [5.41, 5.74) is 1.67. The highest BCUT2D eigenvalue weighted by Gasteiger charge is 2.34. The Labute approximate surface area is 184 Å². The number of benzene rings is 1. The number of carbonyl (C=O) groups is 1. The van der Waals surface area contributed by atoms with E-state index in [9.17, 15) is 9.90 Å². The van der Waals surface area contributed by atoms with Crippen molar-refractivity contribution in [2.75, 3.05) is 26.2 Å². The number of nitrogens with zero attached hydrogens (tertiary/aromatic N) is 3. The van der Waals surface area contributed by atoms with Gasteiger partial charge in [0, 0.05) is 31.7 Å². The molecule has 3 heterocycles. The molecule has 0 saturated carbocycles. The van der Waals surface area contributed by atoms with Crippen LogP contribution in [-0.2, 0) is 11.3 Å². The van der Waals surface area contributed by atoms with Crippen LogP contribution in [0, 0.1) is 12.3 Å². The van der Waals surface area contributed by atoms with E-state index in [1.165, 1.54) is 12.1 Å². The Bertz CT molecular complexity index is 1060. The summed E-state index contributed by atoms with van der Waals surface area (Å²) in [6.07, 6.45) is 7.08. The molecule has 1 N–H and O–H groups in total. The van der Waals surface area contributed by atoms with Crippen molar-refractivity contribution in [3.8, 4) is 35.1 Å². The van der Waals surface area contributed by atoms with Crippen molar-refractivity contribution in [1.29, 1.82) is 0 Å². The first-order chi connectivity index (χ1) is 14.4. The van der Waals surface area contributed by atoms with Crippen molar-refractivity contribution in [1.82, 2.24) is 14.8 Å². The molecule has 0 radical (unpaired) electrons. The molecule has 8 heteroatoms. The molecule has 4 rings (SSSR count). The van der Waals surface area contributed by atoms with Crippen molar-refractivity contribution >= 4 is 29.1 Å². The monoisotopic (exact) mass is 443 g/mol. The molecule has 0 unspecified atom stereocenters. The maximum Gasteiger partial charge on any atom is 0.246 e. The van der Waals surface area contributed by atoms with Gasteiger partial charge in [0.15, 0.2) is 0 Å². The summed E-state index contributed by atoms with van der Waals surface area (Å²) < 4.78 is 6.10. The van der Waals surface area contributed by atoms with E-state index in [0.717, 1.165) is 0 Å². The predicted molar refractivity (Wildman–Crippen MR) is 116 cm³/mol. The number of hydrogen-bond donors (Lipinski definition) is 1. The zero-order chi connectivity index (χ0) is 21.4. The van der Waals surface area contributed by atoms with Crippen molar-refractivity contribution in [3.63, 3.8) is 0 Å². The number of fused-ring (bicyclic) bond motifs is 2. The van der Waals surface area contributed by atoms with Gasteiger partial charge in [0.05, 0.1) is 22.3 Å². The van der Waals surface area contributed by atoms with Gasteiger partial charge in [0.1, 0.15) is 28.8 Å². The lowest BCUT2D eigenvalue weighted by Gasteiger charge is -2.39. The maximum atomic E-state index is 12.0. The number of ether oxygens (including phenoxy) is 1. The number of phenols is 1. The third-order valence-corrected chi connectivity index (χ3v) is 6.09. The Hall–Kier alpha value is -2.72. The van der Waals surface area contributed by atoms with Crippen molar-refractivity contribution in [2.45, 2.75) is 12.6 Å². The number of aromatic nitrogens is 1. The summed E-state index contributed by atoms with van der Waals surface area (Å²) in [5, 5.41) is 10.9. The Balaban J connectivity index is 1.76. The van der Waals surface area contributed by atoms with Gasteiger partial charge in [0.25, 0.3) is 0 Å². The van der Waals surface area contributed by atoms with Crippen molar-refractivity contribution in [2.24, 2.45) is 0 Å². The fourth-order valence-corrected chi connectivity index (χ4v) is 4.44. The van der Waals surface area contributed by atoms with E-state index >= 15 is 0 Å². The highest BCUT2D eigenvalue weighted by Crippen LogP contribution is 2.44. The summed E-state index contributed by atoms with van der Waals surface area (Å²) in [6, 6.07) is 4.76. The van der Waals surface area contributed by atoms with E-state index in [0.29, 0.717) is 60.4 Å². The molecule has 2 aliphatic heterocycles. The summed E-state index contributed by atoms with van der Waals surface area (Å²) in [6.45, 7) is 6.17. The van der Waals surface area contributed by atoms with Crippen molar-refractivity contribution in [3.05, 3.63) is 52.2 Å². The number of amides is 1. The maximum absolute atomic E-state index is 12.0. The number of carbonyl (C=O) groups excluding carboxylic acids is 1. The number of hydrogen-bond acceptors (Lipinski definition) is 5. The topological polar surface area (TPSA) is 65.9 Å². The molecule has 1 atom stereocenters. The van der Waals surface area contributed by atoms with E-state index in [2.05, 4.69) is 22.4 Å². The zero-order valence-corrected chi connectivity index (χ0v) is 17.6. The zero-order valence-electron chi connectivity index (χ0n) is 16.1. The lowest BCUT2D eigenvalue weighted by molar-refractivity contribution is -0.129. The standard InChI is InChI=1S/C22H19Cl2N3O3/c1-3-16-14-11-26-8-9-27(18(29)4-2)10-13(26)12-30-22(14)20(24)21(25-16)19-15(23)6-5-7-17(19)28/h1,4-7,13,28H,2,8-12H2/t13-/m1/s1. The molecule has 6 nitrogen and oxygen atoms in total. The van der Waals surface area contributed by atoms with Gasteiger partial charge in [-0.25, -0.2) is 4.98 Å². The fourth-order valence-electron chi connectivity index (χ4n) is 3.88. The van der Waals surface area contributed by atoms with E-state index in [1.807, 2.05) is 0 Å². The SMILES string of the molecule is C#Cc1nc(-c2c(O)cccc2Cl)c(Cl)c2c1CN1CCN(C(=O)C=C)C[C@@H]1CO2. The number of rotatable bonds is 2. The number of phenolic OH excluding ortho intramolecular Hbond substituents is 1. The first-order valence-electron chi connectivity index (χ1n) is 9.39. The van der Waals surface area contributed by atoms with Crippen LogP contribution in [0.3, 0.4) is 0 Å². The van der Waals surface area contributed by atoms with Gasteiger partial charge in [-0.3, -0.25) is 9.69 Å². The molecule has 1 amide bonds. The van der Waals surface area contributed by atoms with E-state index in [4.69, 9.17) is 34.4 Å². The van der Waals surface area contributed by atoms with Gasteiger partial charge in [-0.1, -0.05) is 35.8 Å². The second kappa shape index (κ2) is 8.19. The molecule has 154 valence electrons. The molecule has 1 fully saturated rings. The second-order valence-electron chi connectivity index (χ2n) is 7.13. The van der Waals surface area contributed by atoms with Gasteiger partial charge in [-0.05, 0) is 24.1 Å². The summed E-state index contributed by atoms with van der Waals surface area (Å²) in [5.74, 6) is 2.90. The summed E-state index contributed by atoms with van der Waals surface area (Å²) in [7, 11) is 0. The summed E-state index contributed by atoms with van der Waals surface area (Å²) in [4.78, 5) is 20.5. The van der Waals surface area contributed by atoms with Crippen LogP contribution >= 0.6 is 23.2 Å². The fraction of sp³-hybridized carbons (Fsp3) is 0.273. The minimum absolute atomic E-state index is 0.0195. The molecule has 0 aliphatic carbocycles. The predicted octanol–water partition coefficient (Wildman–Crippen LogP) is 3.33. The lowest BCUT2D eigenvalue weighted by atomic mass is 10.0. The number of aromatic hydroxyl groups is 1. The highest BCUT2D eigenvalue weighted by atomic mass is 35.5. The molecule has 1 aromatic heterocycles. The third kappa shape index (κ3) is 3.50. The van der Waals surface area contributed by atoms with E-state index in [-0.39, 0.29) is 28.4 Å². The van der Waals surface area contributed by atoms with Crippen LogP contribution in [0.4, 0.5) is 0 Å². The first-order valence-corrected chi connectivity index (χ1v) is 10.1. The van der Waals surface area contributed by atoms with Crippen LogP contribution in [0.15, 0.2) is 30.9 Å². The largest absolute Gasteiger partial charge is 0.507 e. The molecular weight excluding hydrogens is 425 g/mol. The Morgan fingerprint density at radius 1 is 1.40 bits per heavy atom. The molecule has 1 saturated heterocycles. The summed E-state index contributed by atoms with van der Waals surface area (Å²) >= 11 is 13.0. The van der Waals surface area contributed by atoms with Crippen LogP contribution in [0.5, 0.6) is 11.5 Å². The van der Waals surface area contributed by atoms with Crippen LogP contribution in [0.1, 0.15) is 11.3 Å². The van der Waals surface area contributed by atoms with Crippen LogP contribution in [0.25, 0.3) is 11.3 Å². The van der Waals surface area contributed by atoms with Crippen LogP contribution in [0.2, 0.25) is 10.0 Å². The average Bonchev–Trinajstić information content (AvgIpc) is 2.94. The molecule has 2 aromatic rings. The van der Waals surface area contributed by atoms with Gasteiger partial charge >= 0.3 is 0 Å². The van der Waals surface area contributed by atoms with Crippen LogP contribution in [-0.4, -0.2) is 58.1 Å². The second-order valence-corrected chi connectivity index (χ2v) is 7.92. The Morgan fingerprint density at radius 2 is 2.20 bits per heavy atom. The smallest absolute Gasteiger partial charge is 0.246 e. The molecule has 0 spiro atoms. The van der Waals surface area contributed by atoms with Gasteiger partial charge in [-0.2, -0.15) is 0 Å². The number of piperazine rings is 1.